The number of amides is 2. The van der Waals surface area contributed by atoms with Crippen LogP contribution in [-0.2, 0) is 4.74 Å². The molecule has 1 saturated carbocycles. The van der Waals surface area contributed by atoms with Crippen molar-refractivity contribution in [2.45, 2.75) is 25.7 Å². The Balaban J connectivity index is 1.38. The number of aliphatic hydroxyl groups is 1. The quantitative estimate of drug-likeness (QED) is 0.647. The molecule has 8 nitrogen and oxygen atoms in total. The first kappa shape index (κ1) is 23.7. The number of aryl methyl sites for hydroxylation is 1. The number of halogens is 2. The van der Waals surface area contributed by atoms with Crippen LogP contribution >= 0.6 is 0 Å². The number of hydrogen-bond donors (Lipinski definition) is 2. The van der Waals surface area contributed by atoms with E-state index in [0.29, 0.717) is 50.8 Å². The summed E-state index contributed by atoms with van der Waals surface area (Å²) in [6.45, 7) is 5.05. The van der Waals surface area contributed by atoms with Crippen LogP contribution in [0.2, 0.25) is 0 Å². The number of ether oxygens (including phenoxy) is 2. The van der Waals surface area contributed by atoms with E-state index in [4.69, 9.17) is 9.47 Å². The summed E-state index contributed by atoms with van der Waals surface area (Å²) in [5.41, 5.74) is 2.30. The van der Waals surface area contributed by atoms with Crippen LogP contribution in [0.25, 0.3) is 11.1 Å². The fourth-order valence-electron chi connectivity index (χ4n) is 4.91. The lowest BCUT2D eigenvalue weighted by molar-refractivity contribution is 0.0678. The number of alkyl halides is 2. The Hall–Kier alpha value is -2.98. The smallest absolute Gasteiger partial charge is 0.321 e. The fraction of sp³-hybridized carbons (Fsp3) is 0.520. The van der Waals surface area contributed by atoms with Gasteiger partial charge in [0.2, 0.25) is 5.88 Å². The van der Waals surface area contributed by atoms with Crippen LogP contribution in [0, 0.1) is 12.3 Å². The number of aromatic nitrogens is 1. The monoisotopic (exact) mass is 488 g/mol. The van der Waals surface area contributed by atoms with Gasteiger partial charge >= 0.3 is 6.03 Å². The van der Waals surface area contributed by atoms with E-state index in [2.05, 4.69) is 15.2 Å². The van der Waals surface area contributed by atoms with Crippen molar-refractivity contribution in [1.29, 1.82) is 0 Å². The van der Waals surface area contributed by atoms with Crippen LogP contribution in [0.3, 0.4) is 0 Å². The molecule has 2 N–H and O–H groups in total. The van der Waals surface area contributed by atoms with Crippen molar-refractivity contribution in [2.24, 2.45) is 5.41 Å². The summed E-state index contributed by atoms with van der Waals surface area (Å²) in [7, 11) is 0. The molecule has 3 heterocycles. The normalized spacial score (nSPS) is 23.0. The third kappa shape index (κ3) is 4.77. The number of nitrogens with one attached hydrogen (secondary N) is 1. The van der Waals surface area contributed by atoms with Gasteiger partial charge in [-0.15, -0.1) is 0 Å². The summed E-state index contributed by atoms with van der Waals surface area (Å²) in [5, 5.41) is 12.1. The number of urea groups is 1. The number of anilines is 2. The molecule has 188 valence electrons. The standard InChI is InChI=1S/C25H30F2N4O4/c1-17-2-3-19(28-23(33)31-5-4-24(16-31)15-25(24,26)27)14-20(17)18-12-21(30-6-9-34-10-7-30)29-22(13-18)35-11-8-32/h2-3,12-14,32H,4-11,15-16H2,1H3,(H,28,33). The van der Waals surface area contributed by atoms with Crippen LogP contribution in [-0.4, -0.2) is 79.6 Å². The van der Waals surface area contributed by atoms with Gasteiger partial charge in [0.25, 0.3) is 5.92 Å². The van der Waals surface area contributed by atoms with Crippen molar-refractivity contribution in [1.82, 2.24) is 9.88 Å². The second-order valence-corrected chi connectivity index (χ2v) is 9.52. The molecule has 1 aromatic heterocycles. The van der Waals surface area contributed by atoms with Crippen molar-refractivity contribution in [2.75, 3.05) is 62.8 Å². The van der Waals surface area contributed by atoms with Gasteiger partial charge in [0.15, 0.2) is 0 Å². The molecule has 1 aliphatic carbocycles. The minimum absolute atomic E-state index is 0.0867. The van der Waals surface area contributed by atoms with Gasteiger partial charge in [-0.05, 0) is 48.2 Å². The average Bonchev–Trinajstić information content (AvgIpc) is 3.15. The van der Waals surface area contributed by atoms with Crippen LogP contribution in [0.4, 0.5) is 25.1 Å². The van der Waals surface area contributed by atoms with Crippen LogP contribution in [0.15, 0.2) is 30.3 Å². The maximum atomic E-state index is 13.7. The zero-order chi connectivity index (χ0) is 24.6. The fourth-order valence-corrected chi connectivity index (χ4v) is 4.91. The molecule has 35 heavy (non-hydrogen) atoms. The van der Waals surface area contributed by atoms with E-state index >= 15 is 0 Å². The average molecular weight is 489 g/mol. The van der Waals surface area contributed by atoms with Crippen molar-refractivity contribution < 1.29 is 28.2 Å². The molecule has 2 amide bonds. The lowest BCUT2D eigenvalue weighted by Gasteiger charge is -2.28. The SMILES string of the molecule is Cc1ccc(NC(=O)N2CCC3(C2)CC3(F)F)cc1-c1cc(OCCO)nc(N2CCOCC2)c1. The Bertz CT molecular complexity index is 1110. The van der Waals surface area contributed by atoms with E-state index < -0.39 is 11.3 Å². The van der Waals surface area contributed by atoms with Crippen LogP contribution in [0.5, 0.6) is 5.88 Å². The summed E-state index contributed by atoms with van der Waals surface area (Å²) in [4.78, 5) is 21.0. The van der Waals surface area contributed by atoms with Crippen molar-refractivity contribution in [3.05, 3.63) is 35.9 Å². The van der Waals surface area contributed by atoms with E-state index in [1.54, 1.807) is 0 Å². The van der Waals surface area contributed by atoms with E-state index in [9.17, 15) is 18.7 Å². The van der Waals surface area contributed by atoms with E-state index in [0.717, 1.165) is 22.5 Å². The lowest BCUT2D eigenvalue weighted by Crippen LogP contribution is -2.36. The van der Waals surface area contributed by atoms with Crippen LogP contribution < -0.4 is 15.0 Å². The van der Waals surface area contributed by atoms with Gasteiger partial charge in [0.1, 0.15) is 12.4 Å². The largest absolute Gasteiger partial charge is 0.475 e. The first-order valence-electron chi connectivity index (χ1n) is 11.9. The van der Waals surface area contributed by atoms with E-state index in [1.165, 1.54) is 4.90 Å². The maximum absolute atomic E-state index is 13.7. The summed E-state index contributed by atoms with van der Waals surface area (Å²) in [6, 6.07) is 9.02. The van der Waals surface area contributed by atoms with Gasteiger partial charge < -0.3 is 29.7 Å². The second-order valence-electron chi connectivity index (χ2n) is 9.52. The molecule has 1 unspecified atom stereocenters. The number of aliphatic hydroxyl groups excluding tert-OH is 1. The molecule has 0 bridgehead atoms. The number of benzene rings is 1. The van der Waals surface area contributed by atoms with Gasteiger partial charge in [-0.2, -0.15) is 4.98 Å². The third-order valence-corrected chi connectivity index (χ3v) is 7.12. The maximum Gasteiger partial charge on any atom is 0.321 e. The summed E-state index contributed by atoms with van der Waals surface area (Å²) in [5.74, 6) is -1.51. The summed E-state index contributed by atoms with van der Waals surface area (Å²) < 4.78 is 38.5. The van der Waals surface area contributed by atoms with Gasteiger partial charge in [-0.25, -0.2) is 13.6 Å². The topological polar surface area (TPSA) is 87.2 Å². The third-order valence-electron chi connectivity index (χ3n) is 7.12. The number of nitrogens with zero attached hydrogens (tertiary/aromatic N) is 3. The van der Waals surface area contributed by atoms with Crippen LogP contribution in [0.1, 0.15) is 18.4 Å². The number of rotatable bonds is 6. The van der Waals surface area contributed by atoms with Crippen molar-refractivity contribution >= 4 is 17.5 Å². The molecule has 10 heteroatoms. The minimum Gasteiger partial charge on any atom is -0.475 e. The molecule has 0 radical (unpaired) electrons. The predicted octanol–water partition coefficient (Wildman–Crippen LogP) is 3.53. The molecule has 3 fully saturated rings. The zero-order valence-corrected chi connectivity index (χ0v) is 19.7. The molecule has 1 atom stereocenters. The van der Waals surface area contributed by atoms with Gasteiger partial charge in [-0.3, -0.25) is 0 Å². The number of hydrogen-bond acceptors (Lipinski definition) is 6. The highest BCUT2D eigenvalue weighted by atomic mass is 19.3. The number of likely N-dealkylation sites (tertiary alicyclic amines) is 1. The summed E-state index contributed by atoms with van der Waals surface area (Å²) in [6.07, 6.45) is 0.206. The molecule has 2 aromatic rings. The summed E-state index contributed by atoms with van der Waals surface area (Å²) >= 11 is 0. The van der Waals surface area contributed by atoms with Gasteiger partial charge in [-0.1, -0.05) is 6.07 Å². The molecular formula is C25H30F2N4O4. The van der Waals surface area contributed by atoms with E-state index in [-0.39, 0.29) is 32.2 Å². The molecule has 1 spiro atoms. The van der Waals surface area contributed by atoms with Crippen molar-refractivity contribution in [3.63, 3.8) is 0 Å². The highest BCUT2D eigenvalue weighted by molar-refractivity contribution is 5.91. The molecule has 3 aliphatic rings. The van der Waals surface area contributed by atoms with Gasteiger partial charge in [0.05, 0.1) is 25.2 Å². The molecule has 2 saturated heterocycles. The van der Waals surface area contributed by atoms with Gasteiger partial charge in [0, 0.05) is 44.4 Å². The van der Waals surface area contributed by atoms with E-state index in [1.807, 2.05) is 37.3 Å². The number of morpholine rings is 1. The van der Waals surface area contributed by atoms with Crippen molar-refractivity contribution in [3.8, 4) is 17.0 Å². The Morgan fingerprint density at radius 3 is 2.69 bits per heavy atom. The molecular weight excluding hydrogens is 458 g/mol. The number of carbonyl (C=O) groups excluding carboxylic acids is 1. The first-order valence-corrected chi connectivity index (χ1v) is 11.9. The minimum atomic E-state index is -2.66. The first-order chi connectivity index (χ1) is 16.8. The Kier molecular flexibility index (Phi) is 6.27. The highest BCUT2D eigenvalue weighted by Crippen LogP contribution is 2.65. The number of carbonyl (C=O) groups is 1. The predicted molar refractivity (Wildman–Crippen MR) is 127 cm³/mol. The molecule has 2 aliphatic heterocycles. The molecule has 5 rings (SSSR count). The Labute approximate surface area is 202 Å². The lowest BCUT2D eigenvalue weighted by atomic mass is 10.0. The zero-order valence-electron chi connectivity index (χ0n) is 19.7. The molecule has 1 aromatic carbocycles. The second kappa shape index (κ2) is 9.23. The Morgan fingerprint density at radius 1 is 1.23 bits per heavy atom. The Morgan fingerprint density at radius 2 is 2.00 bits per heavy atom. The number of pyridine rings is 1. The highest BCUT2D eigenvalue weighted by Gasteiger charge is 2.73.